The maximum atomic E-state index is 13.4. The van der Waals surface area contributed by atoms with E-state index < -0.39 is 17.8 Å². The quantitative estimate of drug-likeness (QED) is 0.570. The van der Waals surface area contributed by atoms with Gasteiger partial charge in [-0.3, -0.25) is 14.6 Å². The number of hydrogen-bond donors (Lipinski definition) is 0. The van der Waals surface area contributed by atoms with Crippen LogP contribution >= 0.6 is 23.2 Å². The number of aliphatic imine (C=N–C) groups is 1. The van der Waals surface area contributed by atoms with E-state index in [0.717, 1.165) is 16.8 Å². The zero-order valence-corrected chi connectivity index (χ0v) is 18.2. The van der Waals surface area contributed by atoms with E-state index in [1.165, 1.54) is 7.11 Å². The van der Waals surface area contributed by atoms with Gasteiger partial charge in [0.2, 0.25) is 0 Å². The number of ketones is 1. The fourth-order valence-corrected chi connectivity index (χ4v) is 4.96. The smallest absolute Gasteiger partial charge is 0.315 e. The summed E-state index contributed by atoms with van der Waals surface area (Å²) in [6, 6.07) is 14.9. The second-order valence-electron chi connectivity index (χ2n) is 7.69. The van der Waals surface area contributed by atoms with Crippen molar-refractivity contribution in [3.8, 4) is 0 Å². The molecule has 30 heavy (non-hydrogen) atoms. The summed E-state index contributed by atoms with van der Waals surface area (Å²) < 4.78 is 5.06. The van der Waals surface area contributed by atoms with E-state index >= 15 is 0 Å². The van der Waals surface area contributed by atoms with E-state index in [0.29, 0.717) is 34.2 Å². The molecule has 0 aromatic heterocycles. The molecule has 0 saturated carbocycles. The van der Waals surface area contributed by atoms with Gasteiger partial charge in [0, 0.05) is 39.4 Å². The average molecular weight is 442 g/mol. The number of rotatable bonds is 3. The number of nitrogens with zero attached hydrogens (tertiary/aromatic N) is 1. The molecule has 0 radical (unpaired) electrons. The van der Waals surface area contributed by atoms with Gasteiger partial charge in [0.05, 0.1) is 7.11 Å². The van der Waals surface area contributed by atoms with Gasteiger partial charge in [0.25, 0.3) is 0 Å². The summed E-state index contributed by atoms with van der Waals surface area (Å²) in [5.74, 6) is -1.53. The van der Waals surface area contributed by atoms with Crippen molar-refractivity contribution in [2.24, 2.45) is 10.9 Å². The molecule has 2 aromatic carbocycles. The summed E-state index contributed by atoms with van der Waals surface area (Å²) in [5, 5.41) is 1.25. The predicted octanol–water partition coefficient (Wildman–Crippen LogP) is 5.74. The number of allylic oxidation sites excluding steroid dienone is 2. The van der Waals surface area contributed by atoms with Crippen molar-refractivity contribution in [1.82, 2.24) is 0 Å². The first-order chi connectivity index (χ1) is 14.4. The first kappa shape index (κ1) is 20.8. The van der Waals surface area contributed by atoms with Crippen LogP contribution in [0.4, 0.5) is 0 Å². The number of esters is 1. The molecule has 0 bridgehead atoms. The number of benzene rings is 2. The van der Waals surface area contributed by atoms with Gasteiger partial charge in [-0.2, -0.15) is 0 Å². The Bertz CT molecular complexity index is 1070. The van der Waals surface area contributed by atoms with E-state index in [9.17, 15) is 9.59 Å². The van der Waals surface area contributed by atoms with E-state index in [-0.39, 0.29) is 11.7 Å². The molecule has 3 atom stereocenters. The first-order valence-corrected chi connectivity index (χ1v) is 10.6. The highest BCUT2D eigenvalue weighted by molar-refractivity contribution is 6.31. The van der Waals surface area contributed by atoms with Gasteiger partial charge in [-0.15, -0.1) is 0 Å². The summed E-state index contributed by atoms with van der Waals surface area (Å²) in [6.07, 6.45) is 0.926. The van der Waals surface area contributed by atoms with Crippen LogP contribution < -0.4 is 0 Å². The highest BCUT2D eigenvalue weighted by atomic mass is 35.5. The molecule has 6 heteroatoms. The lowest BCUT2D eigenvalue weighted by atomic mass is 9.69. The molecule has 0 spiro atoms. The topological polar surface area (TPSA) is 55.7 Å². The third kappa shape index (κ3) is 3.70. The van der Waals surface area contributed by atoms with Crippen LogP contribution in [0.2, 0.25) is 10.0 Å². The maximum absolute atomic E-state index is 13.4. The van der Waals surface area contributed by atoms with E-state index in [1.54, 1.807) is 12.1 Å². The largest absolute Gasteiger partial charge is 0.468 e. The molecule has 4 nitrogen and oxygen atoms in total. The zero-order chi connectivity index (χ0) is 21.4. The molecule has 1 heterocycles. The van der Waals surface area contributed by atoms with Crippen LogP contribution in [-0.2, 0) is 14.3 Å². The number of Topliss-reactive ketones (excluding diaryl/α,β-unsaturated/α-hetero) is 1. The Kier molecular flexibility index (Phi) is 5.81. The number of ether oxygens (including phenoxy) is 1. The molecule has 0 amide bonds. The molecule has 1 aliphatic carbocycles. The van der Waals surface area contributed by atoms with Crippen molar-refractivity contribution in [2.45, 2.75) is 31.6 Å². The minimum absolute atomic E-state index is 0.00808. The number of carbonyl (C=O) groups is 2. The summed E-state index contributed by atoms with van der Waals surface area (Å²) >= 11 is 12.5. The fourth-order valence-electron chi connectivity index (χ4n) is 4.55. The third-order valence-corrected chi connectivity index (χ3v) is 6.51. The monoisotopic (exact) mass is 441 g/mol. The minimum atomic E-state index is -0.643. The summed E-state index contributed by atoms with van der Waals surface area (Å²) in [7, 11) is 1.36. The maximum Gasteiger partial charge on any atom is 0.315 e. The van der Waals surface area contributed by atoms with Crippen LogP contribution in [0, 0.1) is 5.92 Å². The van der Waals surface area contributed by atoms with Crippen LogP contribution in [0.15, 0.2) is 64.8 Å². The summed E-state index contributed by atoms with van der Waals surface area (Å²) in [5.41, 5.74) is 3.77. The van der Waals surface area contributed by atoms with Gasteiger partial charge in [-0.1, -0.05) is 53.5 Å². The van der Waals surface area contributed by atoms with Crippen LogP contribution in [-0.4, -0.2) is 24.6 Å². The zero-order valence-electron chi connectivity index (χ0n) is 16.7. The second kappa shape index (κ2) is 8.37. The van der Waals surface area contributed by atoms with Crippen LogP contribution in [0.3, 0.4) is 0 Å². The van der Waals surface area contributed by atoms with Gasteiger partial charge < -0.3 is 4.74 Å². The lowest BCUT2D eigenvalue weighted by molar-refractivity contribution is -0.143. The SMILES string of the molecule is COC(=O)C1C(C)=NC2=C(C(=O)C[C@@H](c3ccccc3Cl)C2)[C@@H]1c1ccc(Cl)cc1. The van der Waals surface area contributed by atoms with Gasteiger partial charge in [-0.25, -0.2) is 0 Å². The average Bonchev–Trinajstić information content (AvgIpc) is 2.73. The summed E-state index contributed by atoms with van der Waals surface area (Å²) in [6.45, 7) is 1.82. The Hall–Kier alpha value is -2.43. The lowest BCUT2D eigenvalue weighted by Gasteiger charge is -2.36. The third-order valence-electron chi connectivity index (χ3n) is 5.92. The standard InChI is InChI=1S/C24H21Cl2NO3/c1-13-21(24(29)30-2)22(14-7-9-16(25)10-8-14)23-19(27-13)11-15(12-20(23)28)17-5-3-4-6-18(17)26/h3-10,15,21-22H,11-12H2,1-2H3/t15-,21?,22+/m0/s1. The Morgan fingerprint density at radius 1 is 1.07 bits per heavy atom. The van der Waals surface area contributed by atoms with Gasteiger partial charge in [0.1, 0.15) is 5.92 Å². The molecular formula is C24H21Cl2NO3. The number of hydrogen-bond acceptors (Lipinski definition) is 4. The Balaban J connectivity index is 1.82. The van der Waals surface area contributed by atoms with Crippen molar-refractivity contribution in [2.75, 3.05) is 7.11 Å². The lowest BCUT2D eigenvalue weighted by Crippen LogP contribution is -2.37. The number of methoxy groups -OCH3 is 1. The highest BCUT2D eigenvalue weighted by Crippen LogP contribution is 2.47. The van der Waals surface area contributed by atoms with Crippen molar-refractivity contribution in [3.63, 3.8) is 0 Å². The normalized spacial score (nSPS) is 23.7. The minimum Gasteiger partial charge on any atom is -0.468 e. The number of carbonyl (C=O) groups excluding carboxylic acids is 2. The van der Waals surface area contributed by atoms with Crippen molar-refractivity contribution < 1.29 is 14.3 Å². The van der Waals surface area contributed by atoms with Gasteiger partial charge in [-0.05, 0) is 48.6 Å². The van der Waals surface area contributed by atoms with Gasteiger partial charge in [0.15, 0.2) is 5.78 Å². The number of halogens is 2. The molecule has 4 rings (SSSR count). The molecular weight excluding hydrogens is 421 g/mol. The van der Waals surface area contributed by atoms with Crippen molar-refractivity contribution in [1.29, 1.82) is 0 Å². The Morgan fingerprint density at radius 3 is 2.43 bits per heavy atom. The molecule has 2 aliphatic rings. The highest BCUT2D eigenvalue weighted by Gasteiger charge is 2.44. The Labute approximate surface area is 185 Å². The molecule has 154 valence electrons. The molecule has 1 aliphatic heterocycles. The van der Waals surface area contributed by atoms with Crippen LogP contribution in [0.1, 0.15) is 42.7 Å². The van der Waals surface area contributed by atoms with E-state index in [1.807, 2.05) is 43.3 Å². The van der Waals surface area contributed by atoms with Crippen molar-refractivity contribution >= 4 is 40.7 Å². The molecule has 1 unspecified atom stereocenters. The van der Waals surface area contributed by atoms with E-state index in [2.05, 4.69) is 0 Å². The molecule has 0 saturated heterocycles. The summed E-state index contributed by atoms with van der Waals surface area (Å²) in [4.78, 5) is 30.8. The van der Waals surface area contributed by atoms with Crippen LogP contribution in [0.25, 0.3) is 0 Å². The predicted molar refractivity (Wildman–Crippen MR) is 118 cm³/mol. The molecule has 0 N–H and O–H groups in total. The second-order valence-corrected chi connectivity index (χ2v) is 8.54. The fraction of sp³-hybridized carbons (Fsp3) is 0.292. The molecule has 2 aromatic rings. The van der Waals surface area contributed by atoms with Gasteiger partial charge >= 0.3 is 5.97 Å². The Morgan fingerprint density at radius 2 is 1.77 bits per heavy atom. The first-order valence-electron chi connectivity index (χ1n) is 9.79. The van der Waals surface area contributed by atoms with E-state index in [4.69, 9.17) is 32.9 Å². The molecule has 0 fully saturated rings. The van der Waals surface area contributed by atoms with Crippen molar-refractivity contribution in [3.05, 3.63) is 81.0 Å². The van der Waals surface area contributed by atoms with Crippen LogP contribution in [0.5, 0.6) is 0 Å².